The van der Waals surface area contributed by atoms with Crippen LogP contribution in [0.5, 0.6) is 0 Å². The minimum Gasteiger partial charge on any atom is -0.395 e. The van der Waals surface area contributed by atoms with Crippen molar-refractivity contribution in [3.8, 4) is 0 Å². The van der Waals surface area contributed by atoms with Crippen molar-refractivity contribution in [3.63, 3.8) is 0 Å². The van der Waals surface area contributed by atoms with Gasteiger partial charge in [-0.1, -0.05) is 13.8 Å². The maximum Gasteiger partial charge on any atom is 0.188 e. The van der Waals surface area contributed by atoms with Gasteiger partial charge in [0, 0.05) is 13.1 Å². The Morgan fingerprint density at radius 1 is 1.45 bits per heavy atom. The van der Waals surface area contributed by atoms with Gasteiger partial charge in [-0.25, -0.2) is 0 Å². The van der Waals surface area contributed by atoms with E-state index in [1.807, 2.05) is 0 Å². The lowest BCUT2D eigenvalue weighted by Crippen LogP contribution is -2.39. The number of aliphatic hydroxyl groups excluding tert-OH is 1. The summed E-state index contributed by atoms with van der Waals surface area (Å²) < 4.78 is 0. The Labute approximate surface area is 67.5 Å². The van der Waals surface area contributed by atoms with Crippen LogP contribution in [-0.4, -0.2) is 30.8 Å². The van der Waals surface area contributed by atoms with Crippen molar-refractivity contribution in [1.29, 1.82) is 5.41 Å². The average molecular weight is 159 g/mol. The van der Waals surface area contributed by atoms with Crippen LogP contribution in [0.3, 0.4) is 0 Å². The van der Waals surface area contributed by atoms with Crippen molar-refractivity contribution in [3.05, 3.63) is 0 Å². The second kappa shape index (κ2) is 5.97. The summed E-state index contributed by atoms with van der Waals surface area (Å²) >= 11 is 0. The molecule has 0 atom stereocenters. The predicted octanol–water partition coefficient (Wildman–Crippen LogP) is -0.251. The van der Waals surface area contributed by atoms with Crippen LogP contribution in [0.25, 0.3) is 0 Å². The molecule has 0 spiro atoms. The molecule has 0 aromatic heterocycles. The van der Waals surface area contributed by atoms with E-state index in [1.54, 1.807) is 0 Å². The Hall–Kier alpha value is -0.770. The Balaban J connectivity index is 3.23. The number of rotatable bonds is 4. The fourth-order valence-corrected chi connectivity index (χ4v) is 0.550. The van der Waals surface area contributed by atoms with Crippen molar-refractivity contribution in [2.75, 3.05) is 19.7 Å². The molecule has 0 unspecified atom stereocenters. The summed E-state index contributed by atoms with van der Waals surface area (Å²) in [4.78, 5) is 0. The SMILES string of the molecule is CC(C)CNC(=N)NCCO. The third-order valence-electron chi connectivity index (χ3n) is 1.10. The molecule has 0 saturated carbocycles. The van der Waals surface area contributed by atoms with Crippen LogP contribution in [0.4, 0.5) is 0 Å². The van der Waals surface area contributed by atoms with Crippen molar-refractivity contribution in [1.82, 2.24) is 10.6 Å². The highest BCUT2D eigenvalue weighted by molar-refractivity contribution is 5.76. The Morgan fingerprint density at radius 2 is 2.09 bits per heavy atom. The normalized spacial score (nSPS) is 9.82. The van der Waals surface area contributed by atoms with Gasteiger partial charge in [0.2, 0.25) is 0 Å². The Morgan fingerprint density at radius 3 is 2.55 bits per heavy atom. The van der Waals surface area contributed by atoms with E-state index in [-0.39, 0.29) is 12.6 Å². The van der Waals surface area contributed by atoms with Crippen molar-refractivity contribution in [2.24, 2.45) is 5.92 Å². The van der Waals surface area contributed by atoms with Gasteiger partial charge in [-0.05, 0) is 5.92 Å². The summed E-state index contributed by atoms with van der Waals surface area (Å²) in [6, 6.07) is 0. The molecule has 4 nitrogen and oxygen atoms in total. The van der Waals surface area contributed by atoms with Gasteiger partial charge in [0.25, 0.3) is 0 Å². The lowest BCUT2D eigenvalue weighted by atomic mass is 10.2. The number of hydrogen-bond acceptors (Lipinski definition) is 2. The maximum absolute atomic E-state index is 8.41. The molecule has 0 rings (SSSR count). The van der Waals surface area contributed by atoms with Gasteiger partial charge in [0.1, 0.15) is 0 Å². The fraction of sp³-hybridized carbons (Fsp3) is 0.857. The molecule has 66 valence electrons. The fourth-order valence-electron chi connectivity index (χ4n) is 0.550. The van der Waals surface area contributed by atoms with E-state index in [0.717, 1.165) is 6.54 Å². The Kier molecular flexibility index (Phi) is 5.56. The van der Waals surface area contributed by atoms with Crippen molar-refractivity contribution < 1.29 is 5.11 Å². The molecule has 0 amide bonds. The van der Waals surface area contributed by atoms with Gasteiger partial charge in [-0.15, -0.1) is 0 Å². The highest BCUT2D eigenvalue weighted by atomic mass is 16.3. The van der Waals surface area contributed by atoms with E-state index in [1.165, 1.54) is 0 Å². The molecule has 11 heavy (non-hydrogen) atoms. The molecule has 0 heterocycles. The van der Waals surface area contributed by atoms with Crippen molar-refractivity contribution >= 4 is 5.96 Å². The smallest absolute Gasteiger partial charge is 0.188 e. The second-order valence-electron chi connectivity index (χ2n) is 2.80. The molecule has 0 aromatic carbocycles. The highest BCUT2D eigenvalue weighted by Crippen LogP contribution is 1.85. The molecule has 0 saturated heterocycles. The van der Waals surface area contributed by atoms with Crippen LogP contribution in [0, 0.1) is 11.3 Å². The Bertz CT molecular complexity index is 114. The largest absolute Gasteiger partial charge is 0.395 e. The lowest BCUT2D eigenvalue weighted by molar-refractivity contribution is 0.300. The van der Waals surface area contributed by atoms with Gasteiger partial charge in [0.05, 0.1) is 6.61 Å². The summed E-state index contributed by atoms with van der Waals surface area (Å²) in [7, 11) is 0. The molecular formula is C7H17N3O. The first kappa shape index (κ1) is 10.2. The van der Waals surface area contributed by atoms with E-state index in [2.05, 4.69) is 24.5 Å². The van der Waals surface area contributed by atoms with Gasteiger partial charge in [-0.2, -0.15) is 0 Å². The van der Waals surface area contributed by atoms with E-state index >= 15 is 0 Å². The van der Waals surface area contributed by atoms with Gasteiger partial charge in [-0.3, -0.25) is 5.41 Å². The van der Waals surface area contributed by atoms with Crippen LogP contribution in [0.15, 0.2) is 0 Å². The van der Waals surface area contributed by atoms with Crippen LogP contribution in [0.1, 0.15) is 13.8 Å². The zero-order valence-corrected chi connectivity index (χ0v) is 7.15. The average Bonchev–Trinajstić information content (AvgIpc) is 1.97. The van der Waals surface area contributed by atoms with E-state index in [4.69, 9.17) is 10.5 Å². The standard InChI is InChI=1S/C7H17N3O/c1-6(2)5-10-7(8)9-3-4-11/h6,11H,3-5H2,1-2H3,(H3,8,9,10). The monoisotopic (exact) mass is 159 g/mol. The number of hydrogen-bond donors (Lipinski definition) is 4. The third kappa shape index (κ3) is 7.12. The minimum atomic E-state index is 0.0612. The molecule has 0 aromatic rings. The molecule has 0 bridgehead atoms. The van der Waals surface area contributed by atoms with E-state index in [9.17, 15) is 0 Å². The summed E-state index contributed by atoms with van der Waals surface area (Å²) in [6.07, 6.45) is 0. The summed E-state index contributed by atoms with van der Waals surface area (Å²) in [5.41, 5.74) is 0. The summed E-state index contributed by atoms with van der Waals surface area (Å²) in [5, 5.41) is 21.2. The molecule has 0 radical (unpaired) electrons. The van der Waals surface area contributed by atoms with Crippen LogP contribution in [0.2, 0.25) is 0 Å². The predicted molar refractivity (Wildman–Crippen MR) is 45.7 cm³/mol. The molecule has 0 fully saturated rings. The van der Waals surface area contributed by atoms with E-state index < -0.39 is 0 Å². The quantitative estimate of drug-likeness (QED) is 0.338. The maximum atomic E-state index is 8.41. The van der Waals surface area contributed by atoms with E-state index in [0.29, 0.717) is 12.5 Å². The zero-order chi connectivity index (χ0) is 8.69. The van der Waals surface area contributed by atoms with Gasteiger partial charge in [0.15, 0.2) is 5.96 Å². The highest BCUT2D eigenvalue weighted by Gasteiger charge is 1.95. The van der Waals surface area contributed by atoms with Crippen LogP contribution in [-0.2, 0) is 0 Å². The molecule has 0 aliphatic carbocycles. The van der Waals surface area contributed by atoms with Crippen LogP contribution < -0.4 is 10.6 Å². The second-order valence-corrected chi connectivity index (χ2v) is 2.80. The minimum absolute atomic E-state index is 0.0612. The van der Waals surface area contributed by atoms with Gasteiger partial charge >= 0.3 is 0 Å². The molecule has 0 aliphatic rings. The first-order valence-corrected chi connectivity index (χ1v) is 3.84. The zero-order valence-electron chi connectivity index (χ0n) is 7.15. The topological polar surface area (TPSA) is 68.1 Å². The van der Waals surface area contributed by atoms with Crippen molar-refractivity contribution in [2.45, 2.75) is 13.8 Å². The first-order valence-electron chi connectivity index (χ1n) is 3.84. The number of aliphatic hydroxyl groups is 1. The van der Waals surface area contributed by atoms with Gasteiger partial charge < -0.3 is 15.7 Å². The summed E-state index contributed by atoms with van der Waals surface area (Å²) in [5.74, 6) is 0.819. The summed E-state index contributed by atoms with van der Waals surface area (Å²) in [6.45, 7) is 5.44. The molecule has 0 aliphatic heterocycles. The number of guanidine groups is 1. The number of nitrogens with one attached hydrogen (secondary N) is 3. The molecule has 4 heteroatoms. The third-order valence-corrected chi connectivity index (χ3v) is 1.10. The van der Waals surface area contributed by atoms with Crippen LogP contribution >= 0.6 is 0 Å². The molecular weight excluding hydrogens is 142 g/mol. The lowest BCUT2D eigenvalue weighted by Gasteiger charge is -2.10. The molecule has 4 N–H and O–H groups in total. The first-order chi connectivity index (χ1) is 5.16.